The van der Waals surface area contributed by atoms with E-state index in [0.29, 0.717) is 41.0 Å². The molecule has 1 saturated heterocycles. The van der Waals surface area contributed by atoms with Crippen molar-refractivity contribution in [3.05, 3.63) is 50.4 Å². The Morgan fingerprint density at radius 1 is 1.30 bits per heavy atom. The average molecular weight is 465 g/mol. The van der Waals surface area contributed by atoms with Crippen molar-refractivity contribution < 1.29 is 9.59 Å². The van der Waals surface area contributed by atoms with Gasteiger partial charge in [-0.2, -0.15) is 5.10 Å². The Bertz CT molecular complexity index is 1090. The third-order valence-corrected chi connectivity index (χ3v) is 7.12. The van der Waals surface area contributed by atoms with E-state index >= 15 is 0 Å². The zero-order chi connectivity index (χ0) is 21.3. The minimum absolute atomic E-state index is 0.106. The van der Waals surface area contributed by atoms with Gasteiger partial charge in [0.15, 0.2) is 0 Å². The number of nitrogens with zero attached hydrogens (tertiary/aromatic N) is 3. The topological polar surface area (TPSA) is 67.2 Å². The first-order chi connectivity index (χ1) is 14.4. The van der Waals surface area contributed by atoms with Crippen molar-refractivity contribution in [2.24, 2.45) is 0 Å². The molecule has 30 heavy (non-hydrogen) atoms. The lowest BCUT2D eigenvalue weighted by molar-refractivity contribution is -0.127. The Hall–Kier alpha value is -2.09. The maximum atomic E-state index is 12.6. The zero-order valence-electron chi connectivity index (χ0n) is 16.6. The molecule has 3 heterocycles. The number of rotatable bonds is 7. The summed E-state index contributed by atoms with van der Waals surface area (Å²) in [5, 5.41) is 9.69. The number of aromatic nitrogens is 2. The van der Waals surface area contributed by atoms with Gasteiger partial charge >= 0.3 is 0 Å². The van der Waals surface area contributed by atoms with Gasteiger partial charge in [-0.15, -0.1) is 11.3 Å². The summed E-state index contributed by atoms with van der Waals surface area (Å²) in [5.41, 5.74) is 1.66. The number of nitrogens with one attached hydrogen (secondary N) is 1. The molecule has 1 aromatic carbocycles. The number of thiophene rings is 1. The van der Waals surface area contributed by atoms with Crippen LogP contribution in [0.5, 0.6) is 0 Å². The summed E-state index contributed by atoms with van der Waals surface area (Å²) in [6.45, 7) is 4.42. The van der Waals surface area contributed by atoms with E-state index in [9.17, 15) is 9.59 Å². The molecular weight excluding hydrogens is 443 g/mol. The minimum atomic E-state index is -0.106. The Morgan fingerprint density at radius 3 is 2.77 bits per heavy atom. The number of amides is 2. The molecule has 2 aromatic heterocycles. The van der Waals surface area contributed by atoms with Gasteiger partial charge in [0.2, 0.25) is 5.91 Å². The normalized spacial score (nSPS) is 14.1. The van der Waals surface area contributed by atoms with Gasteiger partial charge in [0, 0.05) is 47.1 Å². The fraction of sp³-hybridized carbons (Fsp3) is 0.381. The van der Waals surface area contributed by atoms with Gasteiger partial charge in [0.25, 0.3) is 5.91 Å². The van der Waals surface area contributed by atoms with Gasteiger partial charge in [0.1, 0.15) is 4.83 Å². The van der Waals surface area contributed by atoms with Gasteiger partial charge < -0.3 is 10.2 Å². The predicted octanol–water partition coefficient (Wildman–Crippen LogP) is 4.50. The van der Waals surface area contributed by atoms with Crippen LogP contribution in [0.1, 0.15) is 40.2 Å². The molecule has 1 fully saturated rings. The number of benzene rings is 1. The first-order valence-electron chi connectivity index (χ1n) is 9.90. The molecule has 3 aromatic rings. The fourth-order valence-electron chi connectivity index (χ4n) is 3.66. The number of hydrogen-bond donors (Lipinski definition) is 1. The lowest BCUT2D eigenvalue weighted by atomic mass is 10.2. The lowest BCUT2D eigenvalue weighted by Crippen LogP contribution is -2.30. The zero-order valence-corrected chi connectivity index (χ0v) is 18.9. The van der Waals surface area contributed by atoms with Crippen LogP contribution >= 0.6 is 34.5 Å². The standard InChI is InChI=1S/C21H22Cl2N4O2S/c1-13-14-11-18(20(29)24-8-4-10-26-9-3-7-19(26)28)30-21(14)27(25-13)12-15-16(22)5-2-6-17(15)23/h2,5-6,11H,3-4,7-10,12H2,1H3,(H,24,29). The quantitative estimate of drug-likeness (QED) is 0.523. The molecule has 9 heteroatoms. The summed E-state index contributed by atoms with van der Waals surface area (Å²) >= 11 is 14.0. The number of fused-ring (bicyclic) bond motifs is 1. The summed E-state index contributed by atoms with van der Waals surface area (Å²) in [4.78, 5) is 27.7. The van der Waals surface area contributed by atoms with Crippen LogP contribution in [-0.2, 0) is 11.3 Å². The number of carbonyl (C=O) groups is 2. The number of aryl methyl sites for hydroxylation is 1. The molecule has 1 aliphatic heterocycles. The Kier molecular flexibility index (Phi) is 6.32. The molecule has 158 valence electrons. The van der Waals surface area contributed by atoms with Gasteiger partial charge in [0.05, 0.1) is 17.1 Å². The molecule has 0 unspecified atom stereocenters. The van der Waals surface area contributed by atoms with Crippen LogP contribution in [0.15, 0.2) is 24.3 Å². The second kappa shape index (κ2) is 8.96. The maximum absolute atomic E-state index is 12.6. The first kappa shape index (κ1) is 21.2. The van der Waals surface area contributed by atoms with E-state index in [1.54, 1.807) is 12.1 Å². The van der Waals surface area contributed by atoms with Crippen molar-refractivity contribution in [1.82, 2.24) is 20.0 Å². The summed E-state index contributed by atoms with van der Waals surface area (Å²) in [6.07, 6.45) is 2.33. The SMILES string of the molecule is Cc1nn(Cc2c(Cl)cccc2Cl)c2sc(C(=O)NCCCN3CCCC3=O)cc12. The van der Waals surface area contributed by atoms with Crippen molar-refractivity contribution in [2.45, 2.75) is 32.7 Å². The second-order valence-electron chi connectivity index (χ2n) is 7.37. The molecule has 2 amide bonds. The van der Waals surface area contributed by atoms with Gasteiger partial charge in [-0.3, -0.25) is 9.59 Å². The monoisotopic (exact) mass is 464 g/mol. The van der Waals surface area contributed by atoms with E-state index in [1.165, 1.54) is 11.3 Å². The van der Waals surface area contributed by atoms with Crippen molar-refractivity contribution in [3.63, 3.8) is 0 Å². The van der Waals surface area contributed by atoms with Crippen LogP contribution in [0.3, 0.4) is 0 Å². The van der Waals surface area contributed by atoms with Crippen molar-refractivity contribution in [3.8, 4) is 0 Å². The van der Waals surface area contributed by atoms with Crippen LogP contribution in [0.25, 0.3) is 10.2 Å². The summed E-state index contributed by atoms with van der Waals surface area (Å²) in [5.74, 6) is 0.107. The highest BCUT2D eigenvalue weighted by atomic mass is 35.5. The van der Waals surface area contributed by atoms with E-state index in [4.69, 9.17) is 23.2 Å². The number of carbonyl (C=O) groups excluding carboxylic acids is 2. The van der Waals surface area contributed by atoms with Crippen molar-refractivity contribution >= 4 is 56.6 Å². The fourth-order valence-corrected chi connectivity index (χ4v) is 5.26. The maximum Gasteiger partial charge on any atom is 0.261 e. The summed E-state index contributed by atoms with van der Waals surface area (Å²) in [7, 11) is 0. The van der Waals surface area contributed by atoms with Crippen LogP contribution in [0.2, 0.25) is 10.0 Å². The first-order valence-corrected chi connectivity index (χ1v) is 11.5. The Balaban J connectivity index is 1.43. The Labute approximate surface area is 188 Å². The Morgan fingerprint density at radius 2 is 2.07 bits per heavy atom. The molecule has 0 saturated carbocycles. The van der Waals surface area contributed by atoms with E-state index < -0.39 is 0 Å². The number of hydrogen-bond acceptors (Lipinski definition) is 4. The highest BCUT2D eigenvalue weighted by Gasteiger charge is 2.20. The third kappa shape index (κ3) is 4.33. The molecule has 0 spiro atoms. The van der Waals surface area contributed by atoms with Gasteiger partial charge in [-0.1, -0.05) is 29.3 Å². The molecular formula is C21H22Cl2N4O2S. The number of halogens is 2. The van der Waals surface area contributed by atoms with E-state index in [-0.39, 0.29) is 11.8 Å². The predicted molar refractivity (Wildman–Crippen MR) is 121 cm³/mol. The highest BCUT2D eigenvalue weighted by molar-refractivity contribution is 7.20. The summed E-state index contributed by atoms with van der Waals surface area (Å²) < 4.78 is 1.85. The molecule has 1 aliphatic rings. The molecule has 0 atom stereocenters. The second-order valence-corrected chi connectivity index (χ2v) is 9.21. The lowest BCUT2D eigenvalue weighted by Gasteiger charge is -2.15. The minimum Gasteiger partial charge on any atom is -0.351 e. The van der Waals surface area contributed by atoms with Crippen LogP contribution in [-0.4, -0.2) is 46.1 Å². The van der Waals surface area contributed by atoms with E-state index in [0.717, 1.165) is 40.9 Å². The highest BCUT2D eigenvalue weighted by Crippen LogP contribution is 2.31. The average Bonchev–Trinajstić information content (AvgIpc) is 3.40. The molecule has 0 radical (unpaired) electrons. The van der Waals surface area contributed by atoms with E-state index in [1.807, 2.05) is 28.6 Å². The van der Waals surface area contributed by atoms with Crippen LogP contribution in [0, 0.1) is 6.92 Å². The van der Waals surface area contributed by atoms with Crippen molar-refractivity contribution in [2.75, 3.05) is 19.6 Å². The molecule has 0 aliphatic carbocycles. The third-order valence-electron chi connectivity index (χ3n) is 5.26. The number of likely N-dealkylation sites (tertiary alicyclic amines) is 1. The largest absolute Gasteiger partial charge is 0.351 e. The summed E-state index contributed by atoms with van der Waals surface area (Å²) in [6, 6.07) is 7.30. The van der Waals surface area contributed by atoms with Crippen LogP contribution < -0.4 is 5.32 Å². The smallest absolute Gasteiger partial charge is 0.261 e. The van der Waals surface area contributed by atoms with Crippen molar-refractivity contribution in [1.29, 1.82) is 0 Å². The molecule has 4 rings (SSSR count). The molecule has 0 bridgehead atoms. The molecule has 1 N–H and O–H groups in total. The van der Waals surface area contributed by atoms with E-state index in [2.05, 4.69) is 10.4 Å². The van der Waals surface area contributed by atoms with Gasteiger partial charge in [-0.05, 0) is 38.0 Å². The van der Waals surface area contributed by atoms with Gasteiger partial charge in [-0.25, -0.2) is 4.68 Å². The molecule has 6 nitrogen and oxygen atoms in total. The van der Waals surface area contributed by atoms with Crippen LogP contribution in [0.4, 0.5) is 0 Å².